The highest BCUT2D eigenvalue weighted by Gasteiger charge is 2.20. The number of benzene rings is 1. The predicted molar refractivity (Wildman–Crippen MR) is 89.0 cm³/mol. The maximum absolute atomic E-state index is 12.0. The van der Waals surface area contributed by atoms with Crippen LogP contribution in [0.15, 0.2) is 30.3 Å². The Bertz CT molecular complexity index is 436. The zero-order valence-electron chi connectivity index (χ0n) is 13.6. The molecule has 22 heavy (non-hydrogen) atoms. The fourth-order valence-corrected chi connectivity index (χ4v) is 2.79. The molecule has 0 bridgehead atoms. The maximum atomic E-state index is 12.0. The molecular formula is C18H28N2O2. The molecular weight excluding hydrogens is 276 g/mol. The van der Waals surface area contributed by atoms with E-state index in [0.29, 0.717) is 19.1 Å². The minimum atomic E-state index is 0.0795. The van der Waals surface area contributed by atoms with Crippen LogP contribution in [0.3, 0.4) is 0 Å². The predicted octanol–water partition coefficient (Wildman–Crippen LogP) is 3.08. The Balaban J connectivity index is 1.48. The molecule has 1 saturated heterocycles. The number of carbonyl (C=O) groups excluding carboxylic acids is 1. The molecule has 122 valence electrons. The molecule has 0 saturated carbocycles. The number of piperidine rings is 1. The fraction of sp³-hybridized carbons (Fsp3) is 0.611. The number of likely N-dealkylation sites (tertiary alicyclic amines) is 1. The second kappa shape index (κ2) is 9.46. The van der Waals surface area contributed by atoms with Gasteiger partial charge in [0.1, 0.15) is 0 Å². The van der Waals surface area contributed by atoms with E-state index in [1.807, 2.05) is 23.1 Å². The second-order valence-electron chi connectivity index (χ2n) is 6.13. The highest BCUT2D eigenvalue weighted by Crippen LogP contribution is 2.15. The van der Waals surface area contributed by atoms with Crippen LogP contribution in [0, 0.1) is 5.92 Å². The summed E-state index contributed by atoms with van der Waals surface area (Å²) >= 11 is 0. The first-order chi connectivity index (χ1) is 10.8. The molecule has 0 radical (unpaired) electrons. The summed E-state index contributed by atoms with van der Waals surface area (Å²) in [7, 11) is 0. The minimum absolute atomic E-state index is 0.0795. The van der Waals surface area contributed by atoms with Gasteiger partial charge in [0.2, 0.25) is 0 Å². The summed E-state index contributed by atoms with van der Waals surface area (Å²) in [4.78, 5) is 13.9. The lowest BCUT2D eigenvalue weighted by Gasteiger charge is -2.30. The lowest BCUT2D eigenvalue weighted by atomic mass is 10.0. The Kier molecular flexibility index (Phi) is 7.23. The van der Waals surface area contributed by atoms with Crippen molar-refractivity contribution >= 4 is 6.03 Å². The molecule has 2 rings (SSSR count). The van der Waals surface area contributed by atoms with Crippen LogP contribution in [-0.4, -0.2) is 43.8 Å². The van der Waals surface area contributed by atoms with Crippen LogP contribution in [0.1, 0.15) is 31.7 Å². The number of hydrogen-bond donors (Lipinski definition) is 1. The van der Waals surface area contributed by atoms with Gasteiger partial charge in [0.15, 0.2) is 0 Å². The Labute approximate surface area is 133 Å². The molecule has 0 aliphatic carbocycles. The van der Waals surface area contributed by atoms with E-state index in [2.05, 4.69) is 24.4 Å². The summed E-state index contributed by atoms with van der Waals surface area (Å²) in [5.41, 5.74) is 1.30. The van der Waals surface area contributed by atoms with Crippen LogP contribution in [-0.2, 0) is 11.2 Å². The molecule has 1 atom stereocenters. The average Bonchev–Trinajstić information content (AvgIpc) is 2.54. The van der Waals surface area contributed by atoms with E-state index in [9.17, 15) is 4.79 Å². The number of hydrogen-bond acceptors (Lipinski definition) is 2. The average molecular weight is 304 g/mol. The molecule has 1 aromatic rings. The second-order valence-corrected chi connectivity index (χ2v) is 6.13. The third-order valence-corrected chi connectivity index (χ3v) is 4.06. The van der Waals surface area contributed by atoms with Crippen LogP contribution in [0.25, 0.3) is 0 Å². The van der Waals surface area contributed by atoms with Gasteiger partial charge >= 0.3 is 6.03 Å². The number of urea groups is 1. The van der Waals surface area contributed by atoms with Crippen molar-refractivity contribution in [2.24, 2.45) is 5.92 Å². The summed E-state index contributed by atoms with van der Waals surface area (Å²) in [6.45, 7) is 6.11. The Morgan fingerprint density at radius 2 is 2.14 bits per heavy atom. The number of nitrogens with one attached hydrogen (secondary N) is 1. The number of ether oxygens (including phenoxy) is 1. The van der Waals surface area contributed by atoms with E-state index in [0.717, 1.165) is 39.0 Å². The van der Waals surface area contributed by atoms with E-state index in [1.54, 1.807) is 0 Å². The van der Waals surface area contributed by atoms with Gasteiger partial charge in [-0.15, -0.1) is 0 Å². The van der Waals surface area contributed by atoms with Crippen molar-refractivity contribution < 1.29 is 9.53 Å². The SMILES string of the molecule is CC1CCCN(C(=O)NCCCOCCc2ccccc2)C1. The van der Waals surface area contributed by atoms with E-state index in [4.69, 9.17) is 4.74 Å². The number of nitrogens with zero attached hydrogens (tertiary/aromatic N) is 1. The van der Waals surface area contributed by atoms with E-state index in [-0.39, 0.29) is 6.03 Å². The highest BCUT2D eigenvalue weighted by atomic mass is 16.5. The van der Waals surface area contributed by atoms with Gasteiger partial charge in [-0.1, -0.05) is 37.3 Å². The van der Waals surface area contributed by atoms with Gasteiger partial charge in [0, 0.05) is 26.2 Å². The van der Waals surface area contributed by atoms with Crippen LogP contribution < -0.4 is 5.32 Å². The van der Waals surface area contributed by atoms with Crippen LogP contribution >= 0.6 is 0 Å². The minimum Gasteiger partial charge on any atom is -0.381 e. The molecule has 1 aliphatic heterocycles. The fourth-order valence-electron chi connectivity index (χ4n) is 2.79. The van der Waals surface area contributed by atoms with Crippen molar-refractivity contribution in [2.45, 2.75) is 32.6 Å². The van der Waals surface area contributed by atoms with Gasteiger partial charge < -0.3 is 15.0 Å². The number of amides is 2. The molecule has 2 amide bonds. The maximum Gasteiger partial charge on any atom is 0.317 e. The molecule has 1 aliphatic rings. The van der Waals surface area contributed by atoms with Gasteiger partial charge in [0.25, 0.3) is 0 Å². The zero-order valence-corrected chi connectivity index (χ0v) is 13.6. The molecule has 1 N–H and O–H groups in total. The van der Waals surface area contributed by atoms with E-state index in [1.165, 1.54) is 12.0 Å². The van der Waals surface area contributed by atoms with E-state index < -0.39 is 0 Å². The molecule has 1 aromatic carbocycles. The van der Waals surface area contributed by atoms with Gasteiger partial charge in [-0.3, -0.25) is 0 Å². The normalized spacial score (nSPS) is 18.2. The summed E-state index contributed by atoms with van der Waals surface area (Å²) < 4.78 is 5.62. The summed E-state index contributed by atoms with van der Waals surface area (Å²) in [5.74, 6) is 0.626. The van der Waals surface area contributed by atoms with Gasteiger partial charge in [0.05, 0.1) is 6.61 Å². The van der Waals surface area contributed by atoms with Gasteiger partial charge in [-0.2, -0.15) is 0 Å². The largest absolute Gasteiger partial charge is 0.381 e. The monoisotopic (exact) mass is 304 g/mol. The summed E-state index contributed by atoms with van der Waals surface area (Å²) in [5, 5.41) is 2.99. The molecule has 0 aromatic heterocycles. The first-order valence-corrected chi connectivity index (χ1v) is 8.40. The molecule has 0 spiro atoms. The lowest BCUT2D eigenvalue weighted by molar-refractivity contribution is 0.133. The Hall–Kier alpha value is -1.55. The molecule has 4 heteroatoms. The Morgan fingerprint density at radius 3 is 2.91 bits per heavy atom. The molecule has 4 nitrogen and oxygen atoms in total. The number of carbonyl (C=O) groups is 1. The Morgan fingerprint density at radius 1 is 1.32 bits per heavy atom. The van der Waals surface area contributed by atoms with Crippen molar-refractivity contribution in [3.8, 4) is 0 Å². The quantitative estimate of drug-likeness (QED) is 0.787. The molecule has 1 fully saturated rings. The standard InChI is InChI=1S/C18H28N2O2/c1-16-7-5-12-20(15-16)18(21)19-11-6-13-22-14-10-17-8-3-2-4-9-17/h2-4,8-9,16H,5-7,10-15H2,1H3,(H,19,21). The summed E-state index contributed by atoms with van der Waals surface area (Å²) in [6.07, 6.45) is 4.17. The number of rotatable bonds is 7. The van der Waals surface area contributed by atoms with Crippen molar-refractivity contribution in [1.82, 2.24) is 10.2 Å². The van der Waals surface area contributed by atoms with Crippen molar-refractivity contribution in [3.05, 3.63) is 35.9 Å². The van der Waals surface area contributed by atoms with Gasteiger partial charge in [-0.25, -0.2) is 4.79 Å². The van der Waals surface area contributed by atoms with Gasteiger partial charge in [-0.05, 0) is 37.2 Å². The first kappa shape index (κ1) is 16.8. The van der Waals surface area contributed by atoms with Crippen molar-refractivity contribution in [1.29, 1.82) is 0 Å². The van der Waals surface area contributed by atoms with Crippen LogP contribution in [0.2, 0.25) is 0 Å². The zero-order chi connectivity index (χ0) is 15.6. The van der Waals surface area contributed by atoms with Crippen LogP contribution in [0.4, 0.5) is 4.79 Å². The lowest BCUT2D eigenvalue weighted by Crippen LogP contribution is -2.45. The van der Waals surface area contributed by atoms with Crippen molar-refractivity contribution in [2.75, 3.05) is 32.8 Å². The topological polar surface area (TPSA) is 41.6 Å². The third-order valence-electron chi connectivity index (χ3n) is 4.06. The van der Waals surface area contributed by atoms with Crippen molar-refractivity contribution in [3.63, 3.8) is 0 Å². The molecule has 1 unspecified atom stereocenters. The smallest absolute Gasteiger partial charge is 0.317 e. The van der Waals surface area contributed by atoms with Crippen LogP contribution in [0.5, 0.6) is 0 Å². The van der Waals surface area contributed by atoms with E-state index >= 15 is 0 Å². The third kappa shape index (κ3) is 6.06. The molecule has 1 heterocycles. The summed E-state index contributed by atoms with van der Waals surface area (Å²) in [6, 6.07) is 10.4. The highest BCUT2D eigenvalue weighted by molar-refractivity contribution is 5.74. The first-order valence-electron chi connectivity index (χ1n) is 8.40.